The maximum Gasteiger partial charge on any atom is 0.252 e. The number of rotatable bonds is 4. The van der Waals surface area contributed by atoms with Gasteiger partial charge in [-0.05, 0) is 24.3 Å². The normalized spacial score (nSPS) is 10.3. The number of fused-ring (bicyclic) bond motifs is 1. The average molecular weight is 245 g/mol. The summed E-state index contributed by atoms with van der Waals surface area (Å²) < 4.78 is 5.14. The smallest absolute Gasteiger partial charge is 0.252 e. The van der Waals surface area contributed by atoms with E-state index in [1.54, 1.807) is 19.4 Å². The number of nitrogens with one attached hydrogen (secondary N) is 1. The zero-order valence-corrected chi connectivity index (χ0v) is 10.1. The Bertz CT molecular complexity index is 569. The predicted molar refractivity (Wildman–Crippen MR) is 69.7 cm³/mol. The van der Waals surface area contributed by atoms with Gasteiger partial charge < -0.3 is 15.8 Å². The molecule has 18 heavy (non-hydrogen) atoms. The van der Waals surface area contributed by atoms with E-state index in [9.17, 15) is 4.79 Å². The molecule has 0 spiro atoms. The first-order valence-electron chi connectivity index (χ1n) is 5.66. The fraction of sp³-hybridized carbons (Fsp3) is 0.231. The van der Waals surface area contributed by atoms with Crippen LogP contribution in [-0.4, -0.2) is 31.1 Å². The van der Waals surface area contributed by atoms with Gasteiger partial charge in [0.25, 0.3) is 5.91 Å². The lowest BCUT2D eigenvalue weighted by Gasteiger charge is -2.05. The van der Waals surface area contributed by atoms with Gasteiger partial charge in [-0.3, -0.25) is 9.78 Å². The average Bonchev–Trinajstić information content (AvgIpc) is 2.43. The number of hydrogen-bond donors (Lipinski definition) is 2. The van der Waals surface area contributed by atoms with Crippen molar-refractivity contribution in [1.29, 1.82) is 0 Å². The van der Waals surface area contributed by atoms with Gasteiger partial charge in [0.2, 0.25) is 0 Å². The van der Waals surface area contributed by atoms with Crippen LogP contribution in [0, 0.1) is 0 Å². The maximum absolute atomic E-state index is 11.8. The van der Waals surface area contributed by atoms with Crippen molar-refractivity contribution in [3.05, 3.63) is 36.0 Å². The first kappa shape index (κ1) is 12.3. The summed E-state index contributed by atoms with van der Waals surface area (Å²) in [6, 6.07) is 7.33. The van der Waals surface area contributed by atoms with Crippen LogP contribution in [0.3, 0.4) is 0 Å². The fourth-order valence-corrected chi connectivity index (χ4v) is 1.65. The highest BCUT2D eigenvalue weighted by molar-refractivity contribution is 5.97. The van der Waals surface area contributed by atoms with E-state index in [1.807, 2.05) is 18.2 Å². The zero-order chi connectivity index (χ0) is 13.0. The minimum atomic E-state index is -0.169. The van der Waals surface area contributed by atoms with Crippen LogP contribution in [-0.2, 0) is 0 Å². The summed E-state index contributed by atoms with van der Waals surface area (Å²) in [6.45, 7) is 0.871. The number of nitrogens with two attached hydrogens (primary N) is 1. The first-order valence-corrected chi connectivity index (χ1v) is 5.66. The largest absolute Gasteiger partial charge is 0.497 e. The molecule has 3 N–H and O–H groups in total. The number of nitrogens with zero attached hydrogens (tertiary/aromatic N) is 1. The van der Waals surface area contributed by atoms with E-state index in [2.05, 4.69) is 10.3 Å². The molecule has 2 rings (SSSR count). The van der Waals surface area contributed by atoms with E-state index in [1.165, 1.54) is 0 Å². The molecule has 0 saturated heterocycles. The number of methoxy groups -OCH3 is 1. The molecule has 0 bridgehead atoms. The molecule has 94 valence electrons. The van der Waals surface area contributed by atoms with Gasteiger partial charge in [0.1, 0.15) is 5.75 Å². The molecule has 0 radical (unpaired) electrons. The molecular formula is C13H15N3O2. The third kappa shape index (κ3) is 2.57. The Morgan fingerprint density at radius 2 is 2.28 bits per heavy atom. The van der Waals surface area contributed by atoms with Crippen LogP contribution in [0.5, 0.6) is 5.75 Å². The van der Waals surface area contributed by atoms with Gasteiger partial charge >= 0.3 is 0 Å². The summed E-state index contributed by atoms with van der Waals surface area (Å²) in [6.07, 6.45) is 1.56. The number of aromatic nitrogens is 1. The molecule has 0 unspecified atom stereocenters. The Morgan fingerprint density at radius 1 is 1.44 bits per heavy atom. The van der Waals surface area contributed by atoms with Crippen LogP contribution in [0.1, 0.15) is 10.4 Å². The molecule has 5 heteroatoms. The summed E-state index contributed by atoms with van der Waals surface area (Å²) in [5, 5.41) is 3.58. The summed E-state index contributed by atoms with van der Waals surface area (Å²) in [5.41, 5.74) is 6.68. The number of carbonyl (C=O) groups is 1. The van der Waals surface area contributed by atoms with Crippen molar-refractivity contribution in [1.82, 2.24) is 10.3 Å². The quantitative estimate of drug-likeness (QED) is 0.840. The first-order chi connectivity index (χ1) is 8.74. The molecule has 1 aromatic heterocycles. The second-order valence-electron chi connectivity index (χ2n) is 3.83. The van der Waals surface area contributed by atoms with Gasteiger partial charge in [0.05, 0.1) is 18.2 Å². The van der Waals surface area contributed by atoms with Crippen LogP contribution >= 0.6 is 0 Å². The number of amides is 1. The summed E-state index contributed by atoms with van der Waals surface area (Å²) in [5.74, 6) is 0.571. The number of pyridine rings is 1. The van der Waals surface area contributed by atoms with E-state index < -0.39 is 0 Å². The summed E-state index contributed by atoms with van der Waals surface area (Å²) in [7, 11) is 1.60. The highest BCUT2D eigenvalue weighted by Gasteiger charge is 2.06. The van der Waals surface area contributed by atoms with Crippen molar-refractivity contribution in [3.8, 4) is 5.75 Å². The van der Waals surface area contributed by atoms with Crippen molar-refractivity contribution < 1.29 is 9.53 Å². The van der Waals surface area contributed by atoms with E-state index >= 15 is 0 Å². The molecule has 0 aliphatic heterocycles. The van der Waals surface area contributed by atoms with Crippen molar-refractivity contribution in [2.45, 2.75) is 0 Å². The molecule has 0 fully saturated rings. The third-order valence-corrected chi connectivity index (χ3v) is 2.58. The summed E-state index contributed by atoms with van der Waals surface area (Å²) >= 11 is 0. The molecule has 0 saturated carbocycles. The van der Waals surface area contributed by atoms with Crippen LogP contribution in [0.4, 0.5) is 0 Å². The molecule has 1 amide bonds. The highest BCUT2D eigenvalue weighted by Crippen LogP contribution is 2.19. The fourth-order valence-electron chi connectivity index (χ4n) is 1.65. The van der Waals surface area contributed by atoms with Crippen LogP contribution in [0.15, 0.2) is 30.5 Å². The van der Waals surface area contributed by atoms with E-state index in [0.29, 0.717) is 18.7 Å². The number of benzene rings is 1. The van der Waals surface area contributed by atoms with Gasteiger partial charge in [0.15, 0.2) is 0 Å². The lowest BCUT2D eigenvalue weighted by atomic mass is 10.1. The van der Waals surface area contributed by atoms with E-state index in [-0.39, 0.29) is 5.91 Å². The minimum Gasteiger partial charge on any atom is -0.497 e. The molecule has 0 aliphatic carbocycles. The Morgan fingerprint density at radius 3 is 3.00 bits per heavy atom. The second-order valence-corrected chi connectivity index (χ2v) is 3.83. The standard InChI is InChI=1S/C13H15N3O2/c1-18-11-2-3-12-9(7-11)6-10(8-16-12)13(17)15-5-4-14/h2-3,6-8H,4-5,14H2,1H3,(H,15,17). The number of hydrogen-bond acceptors (Lipinski definition) is 4. The topological polar surface area (TPSA) is 77.2 Å². The van der Waals surface area contributed by atoms with E-state index in [4.69, 9.17) is 10.5 Å². The van der Waals surface area contributed by atoms with Gasteiger partial charge in [-0.15, -0.1) is 0 Å². The Balaban J connectivity index is 2.33. The number of carbonyl (C=O) groups excluding carboxylic acids is 1. The van der Waals surface area contributed by atoms with Crippen molar-refractivity contribution in [3.63, 3.8) is 0 Å². The van der Waals surface area contributed by atoms with Gasteiger partial charge in [0, 0.05) is 24.7 Å². The van der Waals surface area contributed by atoms with Gasteiger partial charge in [-0.25, -0.2) is 0 Å². The van der Waals surface area contributed by atoms with Crippen LogP contribution in [0.25, 0.3) is 10.9 Å². The van der Waals surface area contributed by atoms with Crippen LogP contribution in [0.2, 0.25) is 0 Å². The molecule has 1 aromatic carbocycles. The number of ether oxygens (including phenoxy) is 1. The monoisotopic (exact) mass is 245 g/mol. The van der Waals surface area contributed by atoms with Gasteiger partial charge in [-0.2, -0.15) is 0 Å². The molecule has 5 nitrogen and oxygen atoms in total. The Hall–Kier alpha value is -2.14. The lowest BCUT2D eigenvalue weighted by molar-refractivity contribution is 0.0954. The van der Waals surface area contributed by atoms with Crippen molar-refractivity contribution in [2.24, 2.45) is 5.73 Å². The van der Waals surface area contributed by atoms with Crippen molar-refractivity contribution in [2.75, 3.05) is 20.2 Å². The zero-order valence-electron chi connectivity index (χ0n) is 10.1. The predicted octanol–water partition coefficient (Wildman–Crippen LogP) is 0.932. The third-order valence-electron chi connectivity index (χ3n) is 2.58. The maximum atomic E-state index is 11.8. The van der Waals surface area contributed by atoms with Gasteiger partial charge in [-0.1, -0.05) is 0 Å². The minimum absolute atomic E-state index is 0.169. The second kappa shape index (κ2) is 5.46. The molecule has 0 atom stereocenters. The Labute approximate surface area is 105 Å². The molecular weight excluding hydrogens is 230 g/mol. The SMILES string of the molecule is COc1ccc2ncc(C(=O)NCCN)cc2c1. The Kier molecular flexibility index (Phi) is 3.74. The lowest BCUT2D eigenvalue weighted by Crippen LogP contribution is -2.29. The van der Waals surface area contributed by atoms with Crippen LogP contribution < -0.4 is 15.8 Å². The molecule has 2 aromatic rings. The van der Waals surface area contributed by atoms with Crippen molar-refractivity contribution >= 4 is 16.8 Å². The summed E-state index contributed by atoms with van der Waals surface area (Å²) in [4.78, 5) is 16.0. The molecule has 0 aliphatic rings. The highest BCUT2D eigenvalue weighted by atomic mass is 16.5. The van der Waals surface area contributed by atoms with E-state index in [0.717, 1.165) is 16.7 Å². The molecule has 1 heterocycles.